The fraction of sp³-hybridized carbons (Fsp3) is 0.396. The van der Waals surface area contributed by atoms with E-state index >= 15 is 4.79 Å². The third kappa shape index (κ3) is 7.61. The highest BCUT2D eigenvalue weighted by Gasteiger charge is 2.75. The SMILES string of the molecule is NC1C=CC([C@H]2C=C(Cc3ccc[nH]3)[C@]3(Oc4cc5oc(-c6cc(O)c(O)c(CCO)c6)cc(=O)c5c(O)c42)O[C@@]2(CC#C[C@]4(C(=O)O)O[C@](CCCO)(OC2=O)[C@H](O)[C@@H](O)C4(O)O)[C@@H](O)[C@H](O)[C@H]3O)=CN1. The normalized spacial score (nSPS) is 32.6. The monoisotopic (exact) mass is 1000 g/mol. The number of aliphatic carboxylic acids is 1. The highest BCUT2D eigenvalue weighted by atomic mass is 16.8. The second-order valence-corrected chi connectivity index (χ2v) is 18.1. The van der Waals surface area contributed by atoms with Crippen molar-refractivity contribution in [2.24, 2.45) is 5.73 Å². The second kappa shape index (κ2) is 18.0. The molecule has 2 aromatic carbocycles. The Kier molecular flexibility index (Phi) is 12.6. The second-order valence-electron chi connectivity index (χ2n) is 18.1. The van der Waals surface area contributed by atoms with Crippen LogP contribution in [0.3, 0.4) is 0 Å². The lowest BCUT2D eigenvalue weighted by Crippen LogP contribution is -2.79. The van der Waals surface area contributed by atoms with Crippen LogP contribution in [-0.2, 0) is 36.6 Å². The summed E-state index contributed by atoms with van der Waals surface area (Å²) in [6.07, 6.45) is -9.54. The molecule has 2 spiro atoms. The fourth-order valence-electron chi connectivity index (χ4n) is 9.83. The van der Waals surface area contributed by atoms with Crippen molar-refractivity contribution in [2.75, 3.05) is 13.2 Å². The molecular weight excluding hydrogens is 955 g/mol. The maximum Gasteiger partial charge on any atom is 0.354 e. The number of aromatic nitrogens is 1. The minimum atomic E-state index is -3.96. The number of nitrogens with two attached hydrogens (primary N) is 1. The Balaban J connectivity index is 1.31. The largest absolute Gasteiger partial charge is 0.507 e. The summed E-state index contributed by atoms with van der Waals surface area (Å²) in [5.74, 6) is -13.8. The van der Waals surface area contributed by atoms with Crippen molar-refractivity contribution in [1.29, 1.82) is 0 Å². The molecule has 2 fully saturated rings. The number of phenolic OH excluding ortho intramolecular Hbond substituents is 3. The number of hydrogen-bond donors (Lipinski definition) is 16. The number of hydrogen-bond acceptors (Lipinski definition) is 22. The average molecular weight is 1000 g/mol. The van der Waals surface area contributed by atoms with E-state index in [-0.39, 0.29) is 40.9 Å². The molecule has 9 rings (SSSR count). The van der Waals surface area contributed by atoms with Crippen LogP contribution in [0.4, 0.5) is 0 Å². The summed E-state index contributed by atoms with van der Waals surface area (Å²) in [6, 6.07) is 7.71. The molecule has 1 unspecified atom stereocenters. The molecule has 24 nitrogen and oxygen atoms in total. The van der Waals surface area contributed by atoms with Gasteiger partial charge in [0.2, 0.25) is 17.2 Å². The van der Waals surface area contributed by atoms with Gasteiger partial charge in [0.25, 0.3) is 11.4 Å². The van der Waals surface area contributed by atoms with Crippen molar-refractivity contribution in [3.8, 4) is 46.2 Å². The number of aliphatic hydroxyl groups excluding tert-OH is 7. The van der Waals surface area contributed by atoms with Gasteiger partial charge in [0.15, 0.2) is 29.1 Å². The van der Waals surface area contributed by atoms with Crippen LogP contribution in [0.2, 0.25) is 0 Å². The number of aliphatic hydroxyl groups is 9. The Hall–Kier alpha value is -6.83. The van der Waals surface area contributed by atoms with Crippen LogP contribution < -0.4 is 21.2 Å². The Labute approximate surface area is 405 Å². The molecule has 4 aromatic rings. The molecule has 11 atom stereocenters. The average Bonchev–Trinajstić information content (AvgIpc) is 3.83. The lowest BCUT2D eigenvalue weighted by molar-refractivity contribution is -0.430. The number of dihydropyridines is 1. The number of fused-ring (bicyclic) bond motifs is 4. The highest BCUT2D eigenvalue weighted by Crippen LogP contribution is 2.55. The number of aromatic amines is 1. The number of benzene rings is 2. The number of aromatic hydroxyl groups is 3. The smallest absolute Gasteiger partial charge is 0.354 e. The number of ether oxygens (including phenoxy) is 4. The van der Waals surface area contributed by atoms with Gasteiger partial charge in [-0.25, -0.2) is 9.59 Å². The van der Waals surface area contributed by atoms with Crippen LogP contribution in [0, 0.1) is 11.8 Å². The first-order valence-corrected chi connectivity index (χ1v) is 22.4. The number of carboxylic acid groups (broad SMARTS) is 1. The van der Waals surface area contributed by atoms with Crippen LogP contribution in [0.1, 0.15) is 42.0 Å². The minimum absolute atomic E-state index is 0.0318. The van der Waals surface area contributed by atoms with Gasteiger partial charge in [-0.15, -0.1) is 0 Å². The quantitative estimate of drug-likeness (QED) is 0.0260. The molecule has 2 saturated heterocycles. The predicted molar refractivity (Wildman–Crippen MR) is 241 cm³/mol. The molecule has 7 heterocycles. The maximum atomic E-state index is 15.2. The molecule has 17 N–H and O–H groups in total. The molecule has 5 aliphatic rings. The summed E-state index contributed by atoms with van der Waals surface area (Å²) in [5.41, 5.74) is -1.59. The van der Waals surface area contributed by atoms with E-state index in [0.29, 0.717) is 11.3 Å². The van der Waals surface area contributed by atoms with Crippen LogP contribution in [0.5, 0.6) is 23.0 Å². The van der Waals surface area contributed by atoms with Crippen LogP contribution in [0.25, 0.3) is 22.3 Å². The molecule has 382 valence electrons. The maximum absolute atomic E-state index is 15.2. The zero-order chi connectivity index (χ0) is 51.9. The van der Waals surface area contributed by atoms with E-state index < -0.39 is 155 Å². The topological polar surface area (TPSA) is 418 Å². The van der Waals surface area contributed by atoms with E-state index in [1.807, 2.05) is 5.92 Å². The Morgan fingerprint density at radius 3 is 2.35 bits per heavy atom. The molecule has 5 aliphatic heterocycles. The van der Waals surface area contributed by atoms with Gasteiger partial charge >= 0.3 is 11.9 Å². The van der Waals surface area contributed by atoms with Gasteiger partial charge in [-0.2, -0.15) is 0 Å². The van der Waals surface area contributed by atoms with Gasteiger partial charge in [0.1, 0.15) is 46.5 Å². The highest BCUT2D eigenvalue weighted by molar-refractivity contribution is 5.90. The first-order valence-electron chi connectivity index (χ1n) is 22.4. The van der Waals surface area contributed by atoms with Gasteiger partial charge in [-0.1, -0.05) is 18.1 Å². The number of carbonyl (C=O) groups excluding carboxylic acids is 1. The van der Waals surface area contributed by atoms with Gasteiger partial charge in [-0.3, -0.25) is 4.79 Å². The van der Waals surface area contributed by atoms with Crippen molar-refractivity contribution < 1.29 is 99.3 Å². The lowest BCUT2D eigenvalue weighted by Gasteiger charge is -2.55. The molecular formula is C48H49N3O21. The number of esters is 1. The number of nitrogens with one attached hydrogen (secondary N) is 2. The number of carboxylic acids is 1. The number of carbonyl (C=O) groups is 2. The van der Waals surface area contributed by atoms with Crippen LogP contribution in [-0.4, -0.2) is 162 Å². The molecule has 0 amide bonds. The summed E-state index contributed by atoms with van der Waals surface area (Å²) in [4.78, 5) is 45.4. The molecule has 2 aromatic heterocycles. The first-order chi connectivity index (χ1) is 34.1. The van der Waals surface area contributed by atoms with E-state index in [1.54, 1.807) is 24.3 Å². The first kappa shape index (κ1) is 50.1. The van der Waals surface area contributed by atoms with Crippen LogP contribution in [0.15, 0.2) is 87.4 Å². The molecule has 0 saturated carbocycles. The molecule has 2 bridgehead atoms. The Morgan fingerprint density at radius 2 is 1.68 bits per heavy atom. The molecule has 0 radical (unpaired) electrons. The van der Waals surface area contributed by atoms with Crippen LogP contribution >= 0.6 is 0 Å². The van der Waals surface area contributed by atoms with Gasteiger partial charge < -0.3 is 106 Å². The number of H-pyrrole nitrogens is 1. The third-order valence-corrected chi connectivity index (χ3v) is 13.6. The summed E-state index contributed by atoms with van der Waals surface area (Å²) < 4.78 is 30.9. The predicted octanol–water partition coefficient (Wildman–Crippen LogP) is -2.36. The minimum Gasteiger partial charge on any atom is -0.507 e. The van der Waals surface area contributed by atoms with Crippen molar-refractivity contribution in [3.63, 3.8) is 0 Å². The standard InChI is InChI=1S/C48H49N3O21/c49-32-6-5-22(20-51-32)26-17-24(16-25-4-1-11-50-25)47(69-31-19-30-34(36(57)33(26)31)27(54)18-29(68-30)23-14-21(7-13-53)35(56)28(55)15-23)39(60)37(58)38(59)44(71-47)8-2-9-45(42(63)64)48(66,67)41(62)40(61)46(72-45,10-3-12-52)70-43(44)65/h1,4-6,11,14-15,17-20,26,32,37-41,50-53,55-62,66-67H,3,7-8,10,12-13,16,49H2,(H,63,64)/t26-,32?,37+,38+,39-,40-,41-,44+,45-,46+,47+/m1/s1. The zero-order valence-electron chi connectivity index (χ0n) is 37.5. The van der Waals surface area contributed by atoms with Gasteiger partial charge in [0, 0.05) is 84.5 Å². The summed E-state index contributed by atoms with van der Waals surface area (Å²) in [5, 5.41) is 147. The lowest BCUT2D eigenvalue weighted by atomic mass is 9.77. The Bertz CT molecular complexity index is 3070. The van der Waals surface area contributed by atoms with Crippen molar-refractivity contribution in [2.45, 2.75) is 103 Å². The Morgan fingerprint density at radius 1 is 0.917 bits per heavy atom. The fourth-order valence-corrected chi connectivity index (χ4v) is 9.83. The number of phenols is 3. The van der Waals surface area contributed by atoms with E-state index in [1.165, 1.54) is 24.5 Å². The van der Waals surface area contributed by atoms with Gasteiger partial charge in [0.05, 0.1) is 12.6 Å². The summed E-state index contributed by atoms with van der Waals surface area (Å²) >= 11 is 0. The molecule has 0 aliphatic carbocycles. The number of allylic oxidation sites excluding steroid dienone is 3. The van der Waals surface area contributed by atoms with E-state index in [4.69, 9.17) is 29.1 Å². The summed E-state index contributed by atoms with van der Waals surface area (Å²) in [7, 11) is 0. The van der Waals surface area contributed by atoms with E-state index in [2.05, 4.69) is 16.2 Å². The summed E-state index contributed by atoms with van der Waals surface area (Å²) in [6.45, 7) is -1.17. The number of rotatable bonds is 10. The molecule has 24 heteroatoms. The third-order valence-electron chi connectivity index (χ3n) is 13.6. The van der Waals surface area contributed by atoms with Crippen molar-refractivity contribution in [1.82, 2.24) is 10.3 Å². The molecule has 72 heavy (non-hydrogen) atoms. The zero-order valence-corrected chi connectivity index (χ0v) is 37.5. The van der Waals surface area contributed by atoms with Gasteiger partial charge in [-0.05, 0) is 54.7 Å². The van der Waals surface area contributed by atoms with Crippen molar-refractivity contribution in [3.05, 3.63) is 105 Å². The van der Waals surface area contributed by atoms with E-state index in [0.717, 1.165) is 18.2 Å². The van der Waals surface area contributed by atoms with E-state index in [9.17, 15) is 76.0 Å². The van der Waals surface area contributed by atoms with Crippen molar-refractivity contribution >= 4 is 22.9 Å².